The second-order valence-corrected chi connectivity index (χ2v) is 17.4. The summed E-state index contributed by atoms with van der Waals surface area (Å²) in [6.45, 7) is 11.4. The normalized spacial score (nSPS) is 21.5. The van der Waals surface area contributed by atoms with Gasteiger partial charge in [-0.05, 0) is 92.6 Å². The lowest BCUT2D eigenvalue weighted by atomic mass is 10.0. The van der Waals surface area contributed by atoms with Crippen LogP contribution in [0.1, 0.15) is 88.5 Å². The first-order valence-corrected chi connectivity index (χ1v) is 22.1. The fourth-order valence-corrected chi connectivity index (χ4v) is 9.42. The van der Waals surface area contributed by atoms with E-state index >= 15 is 0 Å². The monoisotopic (exact) mass is 850 g/mol. The lowest BCUT2D eigenvalue weighted by Crippen LogP contribution is -2.52. The Labute approximate surface area is 368 Å². The van der Waals surface area contributed by atoms with Crippen molar-refractivity contribution in [3.8, 4) is 29.0 Å². The van der Waals surface area contributed by atoms with Crippen molar-refractivity contribution >= 4 is 41.0 Å². The van der Waals surface area contributed by atoms with E-state index in [9.17, 15) is 19.2 Å². The minimum absolute atomic E-state index is 0.182. The molecule has 5 aliphatic heterocycles. The summed E-state index contributed by atoms with van der Waals surface area (Å²) in [5.74, 6) is 7.00. The summed E-state index contributed by atoms with van der Waals surface area (Å²) >= 11 is 0. The number of hydrogen-bond acceptors (Lipinski definition) is 11. The smallest absolute Gasteiger partial charge is 0.280 e. The first-order chi connectivity index (χ1) is 30.5. The zero-order valence-electron chi connectivity index (χ0n) is 36.5. The van der Waals surface area contributed by atoms with Crippen molar-refractivity contribution in [2.75, 3.05) is 62.7 Å². The number of pyridine rings is 1. The lowest BCUT2D eigenvalue weighted by Gasteiger charge is -2.34. The molecule has 0 spiro atoms. The van der Waals surface area contributed by atoms with Crippen molar-refractivity contribution in [2.45, 2.75) is 71.5 Å². The molecule has 0 radical (unpaired) electrons. The summed E-state index contributed by atoms with van der Waals surface area (Å²) < 4.78 is 7.99. The summed E-state index contributed by atoms with van der Waals surface area (Å²) in [5.41, 5.74) is 8.16. The number of anilines is 2. The van der Waals surface area contributed by atoms with Crippen molar-refractivity contribution in [3.63, 3.8) is 0 Å². The molecule has 2 aromatic heterocycles. The van der Waals surface area contributed by atoms with Gasteiger partial charge in [0.25, 0.3) is 11.8 Å². The minimum Gasteiger partial charge on any atom is -0.477 e. The number of hydrogen-bond donors (Lipinski definition) is 1. The third-order valence-corrected chi connectivity index (χ3v) is 12.8. The van der Waals surface area contributed by atoms with E-state index in [1.807, 2.05) is 38.1 Å². The first kappa shape index (κ1) is 42.0. The number of ether oxygens (including phenoxy) is 1. The van der Waals surface area contributed by atoms with Gasteiger partial charge >= 0.3 is 0 Å². The van der Waals surface area contributed by atoms with E-state index in [1.54, 1.807) is 34.0 Å². The molecule has 5 aliphatic rings. The molecule has 2 fully saturated rings. The van der Waals surface area contributed by atoms with Crippen molar-refractivity contribution in [3.05, 3.63) is 88.2 Å². The second-order valence-electron chi connectivity index (χ2n) is 17.4. The molecule has 15 nitrogen and oxygen atoms in total. The third-order valence-electron chi connectivity index (χ3n) is 12.8. The number of unbranched alkanes of at least 4 members (excludes halogenated alkanes) is 1. The van der Waals surface area contributed by atoms with Crippen molar-refractivity contribution in [1.29, 1.82) is 0 Å². The molecule has 0 aliphatic carbocycles. The van der Waals surface area contributed by atoms with Crippen molar-refractivity contribution in [2.24, 2.45) is 18.0 Å². The number of nitrogens with zero attached hydrogens (tertiary/aromatic N) is 9. The Morgan fingerprint density at radius 1 is 0.937 bits per heavy atom. The third kappa shape index (κ3) is 8.70. The highest BCUT2D eigenvalue weighted by atomic mass is 16.5. The van der Waals surface area contributed by atoms with E-state index in [4.69, 9.17) is 14.7 Å². The number of carbonyl (C=O) groups is 4. The first-order valence-electron chi connectivity index (χ1n) is 22.1. The number of guanidine groups is 1. The number of aromatic nitrogens is 3. The van der Waals surface area contributed by atoms with Crippen LogP contribution in [0.2, 0.25) is 0 Å². The number of rotatable bonds is 6. The van der Waals surface area contributed by atoms with Crippen molar-refractivity contribution in [1.82, 2.24) is 34.8 Å². The average molecular weight is 851 g/mol. The predicted octanol–water partition coefficient (Wildman–Crippen LogP) is 4.76. The van der Waals surface area contributed by atoms with Gasteiger partial charge in [0, 0.05) is 95.1 Å². The van der Waals surface area contributed by atoms with Gasteiger partial charge in [-0.15, -0.1) is 0 Å². The van der Waals surface area contributed by atoms with Crippen LogP contribution in [0, 0.1) is 24.7 Å². The van der Waals surface area contributed by atoms with E-state index < -0.39 is 11.9 Å². The summed E-state index contributed by atoms with van der Waals surface area (Å²) in [6, 6.07) is 15.1. The Bertz CT molecular complexity index is 2560. The van der Waals surface area contributed by atoms with Crippen LogP contribution < -0.4 is 19.9 Å². The van der Waals surface area contributed by atoms with Gasteiger partial charge in [-0.1, -0.05) is 30.9 Å². The van der Waals surface area contributed by atoms with Crippen LogP contribution in [0.25, 0.3) is 11.3 Å². The van der Waals surface area contributed by atoms with Crippen LogP contribution in [-0.2, 0) is 29.7 Å². The van der Waals surface area contributed by atoms with Crippen LogP contribution >= 0.6 is 0 Å². The zero-order chi connectivity index (χ0) is 43.8. The molecule has 2 bridgehead atoms. The van der Waals surface area contributed by atoms with Crippen molar-refractivity contribution < 1.29 is 23.9 Å². The van der Waals surface area contributed by atoms with Gasteiger partial charge in [-0.3, -0.25) is 34.4 Å². The molecule has 0 saturated carbocycles. The van der Waals surface area contributed by atoms with E-state index in [1.165, 1.54) is 5.56 Å². The molecule has 2 saturated heterocycles. The standard InChI is InChI=1S/C48H54N10O5/c1-31-10-9-23-63-47-37(27-49-54(47)4)39-26-35(24-32(2)50-39)44(60)52-48-53(3)40-15-14-33(25-42(40)58(48)28-31)29-56-21-19-55(20-22-56)18-7-5-6-11-34-12-8-13-36-38(34)30-57(46(36)62)41-16-17-43(59)51-45(41)61/h8,12-15,24-27,31,41H,5,7,9-10,16-23,28-30H2,1-4H3,(H,51,59,61)/b52-48+/t31-,41?/m1/s1. The molecule has 4 amide bonds. The van der Waals surface area contributed by atoms with Gasteiger partial charge in [-0.2, -0.15) is 10.1 Å². The van der Waals surface area contributed by atoms with E-state index in [2.05, 4.69) is 62.1 Å². The van der Waals surface area contributed by atoms with Crippen LogP contribution in [0.5, 0.6) is 5.88 Å². The maximum Gasteiger partial charge on any atom is 0.280 e. The number of carbonyl (C=O) groups excluding carboxylic acids is 4. The molecule has 15 heteroatoms. The lowest BCUT2D eigenvalue weighted by molar-refractivity contribution is -0.136. The van der Waals surface area contributed by atoms with E-state index in [0.717, 1.165) is 93.0 Å². The Kier molecular flexibility index (Phi) is 11.8. The predicted molar refractivity (Wildman–Crippen MR) is 239 cm³/mol. The molecule has 4 aromatic rings. The number of piperidine rings is 1. The van der Waals surface area contributed by atoms with E-state index in [0.29, 0.717) is 66.4 Å². The number of imide groups is 1. The molecule has 9 rings (SSSR count). The van der Waals surface area contributed by atoms with Gasteiger partial charge in [0.15, 0.2) is 0 Å². The SMILES string of the molecule is Cc1cc2cc(n1)-c1cnn(C)c1OCCC[C@@H](C)CN1/C(=N/C2=O)N(C)c2ccc(CN3CCN(CCCC#Cc4cccc5c4CN(C4CCC(=O)NC4=O)C5=O)CC3)cc21. The zero-order valence-corrected chi connectivity index (χ0v) is 36.5. The highest BCUT2D eigenvalue weighted by Crippen LogP contribution is 2.39. The summed E-state index contributed by atoms with van der Waals surface area (Å²) in [4.78, 5) is 71.7. The molecule has 1 N–H and O–H groups in total. The average Bonchev–Trinajstić information content (AvgIpc) is 3.89. The molecule has 326 valence electrons. The topological polar surface area (TPSA) is 149 Å². The number of benzene rings is 2. The van der Waals surface area contributed by atoms with Crippen LogP contribution in [0.4, 0.5) is 11.4 Å². The molecular formula is C48H54N10O5. The fraction of sp³-hybridized carbons (Fsp3) is 0.438. The summed E-state index contributed by atoms with van der Waals surface area (Å²) in [5, 5.41) is 6.79. The Balaban J connectivity index is 0.814. The quantitative estimate of drug-likeness (QED) is 0.163. The van der Waals surface area contributed by atoms with E-state index in [-0.39, 0.29) is 24.1 Å². The maximum absolute atomic E-state index is 14.0. The van der Waals surface area contributed by atoms with Crippen LogP contribution in [0.3, 0.4) is 0 Å². The number of piperazine rings is 1. The summed E-state index contributed by atoms with van der Waals surface area (Å²) in [6.07, 6.45) is 5.81. The van der Waals surface area contributed by atoms with Gasteiger partial charge in [0.1, 0.15) is 6.04 Å². The Morgan fingerprint density at radius 2 is 1.76 bits per heavy atom. The summed E-state index contributed by atoms with van der Waals surface area (Å²) in [7, 11) is 3.84. The van der Waals surface area contributed by atoms with Crippen LogP contribution in [-0.4, -0.2) is 118 Å². The number of amides is 4. The molecule has 2 atom stereocenters. The van der Waals surface area contributed by atoms with Gasteiger partial charge in [0.2, 0.25) is 23.7 Å². The number of aliphatic imine (C=N–C) groups is 1. The molecular weight excluding hydrogens is 797 g/mol. The van der Waals surface area contributed by atoms with Gasteiger partial charge in [0.05, 0.1) is 35.4 Å². The fourth-order valence-electron chi connectivity index (χ4n) is 9.42. The minimum atomic E-state index is -0.639. The Hall–Kier alpha value is -6.37. The second kappa shape index (κ2) is 17.8. The molecule has 2 aromatic carbocycles. The largest absolute Gasteiger partial charge is 0.477 e. The van der Waals surface area contributed by atoms with Crippen LogP contribution in [0.15, 0.2) is 59.7 Å². The Morgan fingerprint density at radius 3 is 2.59 bits per heavy atom. The highest BCUT2D eigenvalue weighted by Gasteiger charge is 2.40. The van der Waals surface area contributed by atoms with Gasteiger partial charge in [-0.25, -0.2) is 4.68 Å². The molecule has 1 unspecified atom stereocenters. The molecule has 7 heterocycles. The number of aryl methyl sites for hydroxylation is 2. The molecule has 63 heavy (non-hydrogen) atoms. The van der Waals surface area contributed by atoms with Gasteiger partial charge < -0.3 is 24.3 Å². The maximum atomic E-state index is 14.0. The highest BCUT2D eigenvalue weighted by molar-refractivity contribution is 6.20. The number of fused-ring (bicyclic) bond motifs is 8. The number of nitrogens with one attached hydrogen (secondary N) is 1.